The number of carbonyl (C=O) groups is 1. The monoisotopic (exact) mass is 178 g/mol. The molecular weight excluding hydrogens is 172 g/mol. The van der Waals surface area contributed by atoms with Gasteiger partial charge >= 0.3 is 5.91 Å². The van der Waals surface area contributed by atoms with Gasteiger partial charge in [-0.2, -0.15) is 5.06 Å². The van der Waals surface area contributed by atoms with Crippen LogP contribution >= 0.6 is 0 Å². The molecule has 0 radical (unpaired) electrons. The van der Waals surface area contributed by atoms with Gasteiger partial charge < -0.3 is 5.21 Å². The second-order valence-corrected chi connectivity index (χ2v) is 2.58. The lowest BCUT2D eigenvalue weighted by molar-refractivity contribution is -0.116. The van der Waals surface area contributed by atoms with Gasteiger partial charge in [-0.3, -0.25) is 10.0 Å². The summed E-state index contributed by atoms with van der Waals surface area (Å²) in [7, 11) is 0. The van der Waals surface area contributed by atoms with Crippen LogP contribution in [0.25, 0.3) is 0 Å². The molecule has 2 rings (SSSR count). The molecule has 0 saturated carbocycles. The summed E-state index contributed by atoms with van der Waals surface area (Å²) in [5.74, 6) is -0.719. The first-order valence-electron chi connectivity index (χ1n) is 3.60. The Balaban J connectivity index is 2.67. The Hall–Kier alpha value is -1.88. The molecule has 1 aliphatic rings. The first-order chi connectivity index (χ1) is 6.25. The number of hydrogen-bond acceptors (Lipinski definition) is 4. The number of benzene rings is 1. The molecule has 0 saturated heterocycles. The van der Waals surface area contributed by atoms with Gasteiger partial charge in [0.1, 0.15) is 0 Å². The van der Waals surface area contributed by atoms with Gasteiger partial charge in [0.05, 0.1) is 5.69 Å². The predicted octanol–water partition coefficient (Wildman–Crippen LogP) is 0.601. The zero-order chi connectivity index (χ0) is 9.42. The molecule has 66 valence electrons. The van der Waals surface area contributed by atoms with Crippen LogP contribution in [-0.2, 0) is 4.79 Å². The Morgan fingerprint density at radius 3 is 2.69 bits per heavy atom. The highest BCUT2D eigenvalue weighted by Crippen LogP contribution is 2.26. The van der Waals surface area contributed by atoms with Crippen LogP contribution in [0.15, 0.2) is 29.4 Å². The van der Waals surface area contributed by atoms with Crippen LogP contribution in [-0.4, -0.2) is 22.0 Å². The molecular formula is C8H6N2O3. The summed E-state index contributed by atoms with van der Waals surface area (Å²) in [4.78, 5) is 11.2. The molecule has 5 heteroatoms. The number of carbonyl (C=O) groups excluding carboxylic acids is 1. The molecule has 0 fully saturated rings. The molecule has 1 amide bonds. The van der Waals surface area contributed by atoms with Crippen LogP contribution in [0.5, 0.6) is 0 Å². The van der Waals surface area contributed by atoms with Crippen molar-refractivity contribution in [3.63, 3.8) is 0 Å². The smallest absolute Gasteiger partial charge is 0.304 e. The number of nitrogens with zero attached hydrogens (tertiary/aromatic N) is 2. The largest absolute Gasteiger partial charge is 0.410 e. The van der Waals surface area contributed by atoms with Crippen molar-refractivity contribution in [3.05, 3.63) is 29.8 Å². The van der Waals surface area contributed by atoms with Gasteiger partial charge in [0.2, 0.25) is 0 Å². The Labute approximate surface area is 73.5 Å². The first-order valence-corrected chi connectivity index (χ1v) is 3.60. The molecule has 5 nitrogen and oxygen atoms in total. The maximum Gasteiger partial charge on any atom is 0.304 e. The third-order valence-electron chi connectivity index (χ3n) is 1.88. The van der Waals surface area contributed by atoms with Crippen molar-refractivity contribution >= 4 is 17.3 Å². The van der Waals surface area contributed by atoms with Crippen LogP contribution in [0.4, 0.5) is 5.69 Å². The average molecular weight is 178 g/mol. The lowest BCUT2D eigenvalue weighted by Gasteiger charge is -2.04. The fraction of sp³-hybridized carbons (Fsp3) is 0. The van der Waals surface area contributed by atoms with Crippen molar-refractivity contribution in [1.29, 1.82) is 0 Å². The number of amides is 1. The van der Waals surface area contributed by atoms with Crippen molar-refractivity contribution in [2.75, 3.05) is 5.06 Å². The highest BCUT2D eigenvalue weighted by atomic mass is 16.5. The summed E-state index contributed by atoms with van der Waals surface area (Å²) in [6.45, 7) is 0. The summed E-state index contributed by atoms with van der Waals surface area (Å²) in [6.07, 6.45) is 0. The van der Waals surface area contributed by atoms with Crippen LogP contribution in [0.1, 0.15) is 5.56 Å². The van der Waals surface area contributed by atoms with Crippen molar-refractivity contribution in [2.45, 2.75) is 0 Å². The van der Waals surface area contributed by atoms with Crippen LogP contribution < -0.4 is 5.06 Å². The summed E-state index contributed by atoms with van der Waals surface area (Å²) >= 11 is 0. The first kappa shape index (κ1) is 7.75. The highest BCUT2D eigenvalue weighted by molar-refractivity contribution is 6.53. The third-order valence-corrected chi connectivity index (χ3v) is 1.88. The number of fused-ring (bicyclic) bond motifs is 1. The molecule has 0 atom stereocenters. The molecule has 0 spiro atoms. The Morgan fingerprint density at radius 1 is 1.31 bits per heavy atom. The van der Waals surface area contributed by atoms with Crippen molar-refractivity contribution in [2.24, 2.45) is 5.16 Å². The minimum atomic E-state index is -0.719. The van der Waals surface area contributed by atoms with Gasteiger partial charge in [0.25, 0.3) is 0 Å². The SMILES string of the molecule is O=C1/C(=N\O)c2ccccc2N1O. The second-order valence-electron chi connectivity index (χ2n) is 2.58. The summed E-state index contributed by atoms with van der Waals surface area (Å²) in [5, 5.41) is 21.1. The van der Waals surface area contributed by atoms with Gasteiger partial charge in [-0.15, -0.1) is 0 Å². The molecule has 0 unspecified atom stereocenters. The Bertz CT molecular complexity index is 400. The van der Waals surface area contributed by atoms with E-state index < -0.39 is 5.91 Å². The maximum absolute atomic E-state index is 11.2. The molecule has 0 aromatic heterocycles. The quantitative estimate of drug-likeness (QED) is 0.347. The van der Waals surface area contributed by atoms with Gasteiger partial charge in [-0.1, -0.05) is 23.4 Å². The van der Waals surface area contributed by atoms with E-state index in [0.717, 1.165) is 0 Å². The van der Waals surface area contributed by atoms with Gasteiger partial charge in [-0.25, -0.2) is 0 Å². The topological polar surface area (TPSA) is 73.1 Å². The van der Waals surface area contributed by atoms with Crippen molar-refractivity contribution < 1.29 is 15.2 Å². The van der Waals surface area contributed by atoms with E-state index in [4.69, 9.17) is 5.21 Å². The van der Waals surface area contributed by atoms with E-state index in [-0.39, 0.29) is 5.71 Å². The molecule has 13 heavy (non-hydrogen) atoms. The van der Waals surface area contributed by atoms with Crippen LogP contribution in [0.2, 0.25) is 0 Å². The molecule has 1 aromatic carbocycles. The predicted molar refractivity (Wildman–Crippen MR) is 44.0 cm³/mol. The minimum Gasteiger partial charge on any atom is -0.410 e. The van der Waals surface area contributed by atoms with E-state index in [2.05, 4.69) is 5.16 Å². The van der Waals surface area contributed by atoms with E-state index in [1.165, 1.54) is 0 Å². The number of hydrogen-bond donors (Lipinski definition) is 2. The van der Waals surface area contributed by atoms with Crippen LogP contribution in [0.3, 0.4) is 0 Å². The summed E-state index contributed by atoms with van der Waals surface area (Å²) < 4.78 is 0. The standard InChI is InChI=1S/C8H6N2O3/c11-8-7(9-12)5-3-1-2-4-6(5)10(8)13/h1-4,12-13H/b9-7-. The number of rotatable bonds is 0. The highest BCUT2D eigenvalue weighted by Gasteiger charge is 2.33. The fourth-order valence-electron chi connectivity index (χ4n) is 1.28. The Kier molecular flexibility index (Phi) is 1.53. The summed E-state index contributed by atoms with van der Waals surface area (Å²) in [6, 6.07) is 6.52. The molecule has 0 bridgehead atoms. The van der Waals surface area contributed by atoms with E-state index in [0.29, 0.717) is 16.3 Å². The molecule has 1 aliphatic heterocycles. The van der Waals surface area contributed by atoms with E-state index in [1.807, 2.05) is 0 Å². The normalized spacial score (nSPS) is 18.1. The molecule has 1 heterocycles. The second kappa shape index (κ2) is 2.56. The number of oxime groups is 1. The lowest BCUT2D eigenvalue weighted by atomic mass is 10.1. The zero-order valence-corrected chi connectivity index (χ0v) is 6.51. The zero-order valence-electron chi connectivity index (χ0n) is 6.51. The molecule has 2 N–H and O–H groups in total. The van der Waals surface area contributed by atoms with Crippen molar-refractivity contribution in [1.82, 2.24) is 0 Å². The minimum absolute atomic E-state index is 0.141. The average Bonchev–Trinajstić information content (AvgIpc) is 2.41. The lowest BCUT2D eigenvalue weighted by Crippen LogP contribution is -2.26. The molecule has 1 aromatic rings. The van der Waals surface area contributed by atoms with Crippen molar-refractivity contribution in [3.8, 4) is 0 Å². The Morgan fingerprint density at radius 2 is 2.00 bits per heavy atom. The van der Waals surface area contributed by atoms with E-state index >= 15 is 0 Å². The van der Waals surface area contributed by atoms with Gasteiger partial charge in [-0.05, 0) is 6.07 Å². The molecule has 0 aliphatic carbocycles. The summed E-state index contributed by atoms with van der Waals surface area (Å²) in [5.41, 5.74) is 0.621. The number of para-hydroxylation sites is 1. The van der Waals surface area contributed by atoms with Crippen LogP contribution in [0, 0.1) is 0 Å². The fourth-order valence-corrected chi connectivity index (χ4v) is 1.28. The van der Waals surface area contributed by atoms with E-state index in [1.54, 1.807) is 24.3 Å². The van der Waals surface area contributed by atoms with Gasteiger partial charge in [0.15, 0.2) is 5.71 Å². The van der Waals surface area contributed by atoms with E-state index in [9.17, 15) is 10.0 Å². The number of anilines is 1. The van der Waals surface area contributed by atoms with Gasteiger partial charge in [0, 0.05) is 5.56 Å². The maximum atomic E-state index is 11.2. The number of hydroxylamine groups is 1. The third kappa shape index (κ3) is 0.907.